The molecule has 0 heterocycles. The zero-order valence-electron chi connectivity index (χ0n) is 10.7. The van der Waals surface area contributed by atoms with Crippen LogP contribution < -0.4 is 10.9 Å². The van der Waals surface area contributed by atoms with Gasteiger partial charge in [-0.1, -0.05) is 19.1 Å². The van der Waals surface area contributed by atoms with Gasteiger partial charge in [-0.05, 0) is 24.1 Å². The number of esters is 1. The number of benzene rings is 1. The summed E-state index contributed by atoms with van der Waals surface area (Å²) in [5.41, 5.74) is 7.04. The number of ether oxygens (including phenoxy) is 1. The Morgan fingerprint density at radius 3 is 2.44 bits per heavy atom. The quantitative estimate of drug-likeness (QED) is 0.450. The summed E-state index contributed by atoms with van der Waals surface area (Å²) in [5.74, 6) is -0.370. The normalized spacial score (nSPS) is 9.89. The lowest BCUT2D eigenvalue weighted by molar-refractivity contribution is -0.121. The Bertz CT molecular complexity index is 401. The highest BCUT2D eigenvalue weighted by Crippen LogP contribution is 2.05. The van der Waals surface area contributed by atoms with E-state index < -0.39 is 0 Å². The minimum atomic E-state index is -0.338. The first-order chi connectivity index (χ1) is 8.67. The standard InChI is InChI=1S/C13H18N2O3/c1-3-12(16)15-14-9-8-10-4-6-11(7-5-10)13(17)18-2/h4-7,14H,3,8-9H2,1-2H3,(H,15,16). The van der Waals surface area contributed by atoms with Crippen molar-refractivity contribution < 1.29 is 14.3 Å². The second kappa shape index (κ2) is 7.45. The number of nitrogens with one attached hydrogen (secondary N) is 2. The lowest BCUT2D eigenvalue weighted by Crippen LogP contribution is -2.38. The average Bonchev–Trinajstić information content (AvgIpc) is 2.43. The third-order valence-corrected chi connectivity index (χ3v) is 2.46. The van der Waals surface area contributed by atoms with Gasteiger partial charge in [-0.2, -0.15) is 0 Å². The Morgan fingerprint density at radius 1 is 1.22 bits per heavy atom. The van der Waals surface area contributed by atoms with Crippen LogP contribution in [0.1, 0.15) is 29.3 Å². The fourth-order valence-corrected chi connectivity index (χ4v) is 1.38. The molecule has 0 radical (unpaired) electrons. The first kappa shape index (κ1) is 14.2. The van der Waals surface area contributed by atoms with E-state index in [4.69, 9.17) is 0 Å². The van der Waals surface area contributed by atoms with E-state index in [2.05, 4.69) is 15.6 Å². The summed E-state index contributed by atoms with van der Waals surface area (Å²) in [6.45, 7) is 2.44. The highest BCUT2D eigenvalue weighted by Gasteiger charge is 2.04. The monoisotopic (exact) mass is 250 g/mol. The number of carbonyl (C=O) groups excluding carboxylic acids is 2. The molecule has 0 aliphatic carbocycles. The van der Waals surface area contributed by atoms with Gasteiger partial charge in [0, 0.05) is 13.0 Å². The summed E-state index contributed by atoms with van der Waals surface area (Å²) in [5, 5.41) is 0. The molecule has 0 bridgehead atoms. The maximum Gasteiger partial charge on any atom is 0.337 e. The van der Waals surface area contributed by atoms with Crippen LogP contribution in [0.15, 0.2) is 24.3 Å². The molecule has 0 saturated carbocycles. The lowest BCUT2D eigenvalue weighted by atomic mass is 10.1. The molecule has 0 aliphatic heterocycles. The molecule has 1 rings (SSSR count). The molecular weight excluding hydrogens is 232 g/mol. The van der Waals surface area contributed by atoms with E-state index in [9.17, 15) is 9.59 Å². The van der Waals surface area contributed by atoms with Crippen molar-refractivity contribution in [1.82, 2.24) is 10.9 Å². The van der Waals surface area contributed by atoms with Crippen molar-refractivity contribution >= 4 is 11.9 Å². The summed E-state index contributed by atoms with van der Waals surface area (Å²) < 4.78 is 4.61. The van der Waals surface area contributed by atoms with Crippen LogP contribution in [-0.2, 0) is 16.0 Å². The molecule has 5 nitrogen and oxygen atoms in total. The number of amides is 1. The minimum absolute atomic E-state index is 0.0314. The summed E-state index contributed by atoms with van der Waals surface area (Å²) in [6.07, 6.45) is 1.23. The van der Waals surface area contributed by atoms with Crippen LogP contribution in [0.4, 0.5) is 0 Å². The van der Waals surface area contributed by atoms with Crippen LogP contribution in [0.3, 0.4) is 0 Å². The SMILES string of the molecule is CCC(=O)NNCCc1ccc(C(=O)OC)cc1. The molecule has 0 aliphatic rings. The second-order valence-corrected chi connectivity index (χ2v) is 3.77. The molecule has 0 saturated heterocycles. The predicted molar refractivity (Wildman–Crippen MR) is 67.9 cm³/mol. The van der Waals surface area contributed by atoms with E-state index >= 15 is 0 Å². The van der Waals surface area contributed by atoms with Crippen LogP contribution in [0.5, 0.6) is 0 Å². The van der Waals surface area contributed by atoms with E-state index in [0.717, 1.165) is 12.0 Å². The molecule has 2 N–H and O–H groups in total. The summed E-state index contributed by atoms with van der Waals surface area (Å²) in [4.78, 5) is 22.2. The molecule has 0 unspecified atom stereocenters. The highest BCUT2D eigenvalue weighted by molar-refractivity contribution is 5.89. The van der Waals surface area contributed by atoms with Gasteiger partial charge < -0.3 is 4.74 Å². The molecule has 0 fully saturated rings. The molecule has 1 aromatic rings. The van der Waals surface area contributed by atoms with Gasteiger partial charge in [-0.15, -0.1) is 0 Å². The minimum Gasteiger partial charge on any atom is -0.465 e. The van der Waals surface area contributed by atoms with E-state index in [1.165, 1.54) is 7.11 Å². The number of hydrazine groups is 1. The molecular formula is C13H18N2O3. The first-order valence-corrected chi connectivity index (χ1v) is 5.86. The summed E-state index contributed by atoms with van der Waals surface area (Å²) >= 11 is 0. The molecule has 5 heteroatoms. The van der Waals surface area contributed by atoms with Gasteiger partial charge >= 0.3 is 5.97 Å². The van der Waals surface area contributed by atoms with Crippen LogP contribution in [0, 0.1) is 0 Å². The highest BCUT2D eigenvalue weighted by atomic mass is 16.5. The van der Waals surface area contributed by atoms with E-state index in [1.54, 1.807) is 19.1 Å². The summed E-state index contributed by atoms with van der Waals surface area (Å²) in [6, 6.07) is 7.20. The zero-order chi connectivity index (χ0) is 13.4. The zero-order valence-corrected chi connectivity index (χ0v) is 10.7. The fraction of sp³-hybridized carbons (Fsp3) is 0.385. The van der Waals surface area contributed by atoms with Gasteiger partial charge in [0.2, 0.25) is 5.91 Å². The molecule has 0 aromatic heterocycles. The molecule has 98 valence electrons. The van der Waals surface area contributed by atoms with Crippen molar-refractivity contribution in [3.63, 3.8) is 0 Å². The van der Waals surface area contributed by atoms with Gasteiger partial charge in [0.15, 0.2) is 0 Å². The molecule has 0 spiro atoms. The Hall–Kier alpha value is -1.88. The van der Waals surface area contributed by atoms with Crippen LogP contribution in [0.25, 0.3) is 0 Å². The second-order valence-electron chi connectivity index (χ2n) is 3.77. The van der Waals surface area contributed by atoms with Crippen LogP contribution in [0.2, 0.25) is 0 Å². The molecule has 1 amide bonds. The van der Waals surface area contributed by atoms with Crippen LogP contribution >= 0.6 is 0 Å². The van der Waals surface area contributed by atoms with Crippen molar-refractivity contribution in [1.29, 1.82) is 0 Å². The lowest BCUT2D eigenvalue weighted by Gasteiger charge is -2.06. The Morgan fingerprint density at radius 2 is 1.89 bits per heavy atom. The Labute approximate surface area is 106 Å². The number of rotatable bonds is 6. The van der Waals surface area contributed by atoms with Gasteiger partial charge in [-0.3, -0.25) is 10.2 Å². The third-order valence-electron chi connectivity index (χ3n) is 2.46. The van der Waals surface area contributed by atoms with Crippen LogP contribution in [-0.4, -0.2) is 25.5 Å². The summed E-state index contributed by atoms with van der Waals surface area (Å²) in [7, 11) is 1.36. The van der Waals surface area contributed by atoms with Crippen molar-refractivity contribution in [2.45, 2.75) is 19.8 Å². The average molecular weight is 250 g/mol. The smallest absolute Gasteiger partial charge is 0.337 e. The van der Waals surface area contributed by atoms with Crippen molar-refractivity contribution in [3.8, 4) is 0 Å². The molecule has 1 aromatic carbocycles. The van der Waals surface area contributed by atoms with Gasteiger partial charge in [0.25, 0.3) is 0 Å². The maximum absolute atomic E-state index is 11.2. The van der Waals surface area contributed by atoms with E-state index in [1.807, 2.05) is 12.1 Å². The molecule has 0 atom stereocenters. The van der Waals surface area contributed by atoms with Gasteiger partial charge in [0.1, 0.15) is 0 Å². The van der Waals surface area contributed by atoms with Crippen molar-refractivity contribution in [3.05, 3.63) is 35.4 Å². The van der Waals surface area contributed by atoms with Crippen molar-refractivity contribution in [2.24, 2.45) is 0 Å². The van der Waals surface area contributed by atoms with E-state index in [-0.39, 0.29) is 11.9 Å². The van der Waals surface area contributed by atoms with Crippen molar-refractivity contribution in [2.75, 3.05) is 13.7 Å². The Kier molecular flexibility index (Phi) is 5.87. The first-order valence-electron chi connectivity index (χ1n) is 5.86. The largest absolute Gasteiger partial charge is 0.465 e. The molecule has 18 heavy (non-hydrogen) atoms. The maximum atomic E-state index is 11.2. The number of carbonyl (C=O) groups is 2. The topological polar surface area (TPSA) is 67.4 Å². The Balaban J connectivity index is 2.35. The number of hydrogen-bond acceptors (Lipinski definition) is 4. The number of methoxy groups -OCH3 is 1. The third kappa shape index (κ3) is 4.55. The number of hydrogen-bond donors (Lipinski definition) is 2. The van der Waals surface area contributed by atoms with Gasteiger partial charge in [0.05, 0.1) is 12.7 Å². The van der Waals surface area contributed by atoms with E-state index in [0.29, 0.717) is 18.5 Å². The fourth-order valence-electron chi connectivity index (χ4n) is 1.38. The predicted octanol–water partition coefficient (Wildman–Crippen LogP) is 1.05. The van der Waals surface area contributed by atoms with Gasteiger partial charge in [-0.25, -0.2) is 10.2 Å².